The van der Waals surface area contributed by atoms with Crippen molar-refractivity contribution in [3.05, 3.63) is 84.1 Å². The first kappa shape index (κ1) is 21.2. The second-order valence-electron chi connectivity index (χ2n) is 7.72. The summed E-state index contributed by atoms with van der Waals surface area (Å²) in [5.41, 5.74) is 4.19. The number of carbonyl (C=O) groups is 2. The fourth-order valence-electron chi connectivity index (χ4n) is 3.99. The Morgan fingerprint density at radius 1 is 1.00 bits per heavy atom. The first-order chi connectivity index (χ1) is 16.6. The molecule has 9 nitrogen and oxygen atoms in total. The van der Waals surface area contributed by atoms with Crippen molar-refractivity contribution in [2.75, 3.05) is 19.0 Å². The number of nitrogens with one attached hydrogen (secondary N) is 3. The Bertz CT molecular complexity index is 1470. The van der Waals surface area contributed by atoms with E-state index in [-0.39, 0.29) is 12.5 Å². The Kier molecular flexibility index (Phi) is 5.65. The number of carbonyl (C=O) groups excluding carboxylic acids is 2. The number of hydrogen-bond donors (Lipinski definition) is 3. The molecular weight excluding hydrogens is 434 g/mol. The maximum atomic E-state index is 12.7. The van der Waals surface area contributed by atoms with Crippen molar-refractivity contribution in [3.8, 4) is 5.75 Å². The molecule has 3 N–H and O–H groups in total. The molecule has 0 saturated heterocycles. The number of amides is 2. The average Bonchev–Trinajstić information content (AvgIpc) is 3.52. The van der Waals surface area contributed by atoms with E-state index in [1.165, 1.54) is 0 Å². The van der Waals surface area contributed by atoms with Crippen molar-refractivity contribution >= 4 is 39.4 Å². The molecule has 3 aromatic carbocycles. The quantitative estimate of drug-likeness (QED) is 0.336. The highest BCUT2D eigenvalue weighted by molar-refractivity contribution is 6.40. The molecule has 0 aliphatic rings. The SMILES string of the molecule is COc1ccc([C@H](CNC(=O)C(=O)Nc2cccc3nonc23)c2c[nH]c3ccccc23)cc1. The average molecular weight is 455 g/mol. The van der Waals surface area contributed by atoms with Gasteiger partial charge in [0.05, 0.1) is 12.8 Å². The molecule has 2 aromatic heterocycles. The highest BCUT2D eigenvalue weighted by Gasteiger charge is 2.22. The van der Waals surface area contributed by atoms with Gasteiger partial charge in [0.1, 0.15) is 11.3 Å². The largest absolute Gasteiger partial charge is 0.497 e. The van der Waals surface area contributed by atoms with Crippen LogP contribution >= 0.6 is 0 Å². The monoisotopic (exact) mass is 455 g/mol. The summed E-state index contributed by atoms with van der Waals surface area (Å²) < 4.78 is 9.98. The Morgan fingerprint density at radius 2 is 1.82 bits per heavy atom. The summed E-state index contributed by atoms with van der Waals surface area (Å²) in [6.07, 6.45) is 1.93. The van der Waals surface area contributed by atoms with E-state index in [0.29, 0.717) is 16.7 Å². The van der Waals surface area contributed by atoms with Gasteiger partial charge in [-0.3, -0.25) is 9.59 Å². The van der Waals surface area contributed by atoms with Gasteiger partial charge in [0.25, 0.3) is 0 Å². The number of nitrogens with zero attached hydrogens (tertiary/aromatic N) is 2. The van der Waals surface area contributed by atoms with Crippen LogP contribution in [0.5, 0.6) is 5.75 Å². The van der Waals surface area contributed by atoms with Gasteiger partial charge in [0.2, 0.25) is 0 Å². The lowest BCUT2D eigenvalue weighted by atomic mass is 9.90. The zero-order valence-corrected chi connectivity index (χ0v) is 18.2. The number of para-hydroxylation sites is 1. The van der Waals surface area contributed by atoms with E-state index in [4.69, 9.17) is 9.37 Å². The summed E-state index contributed by atoms with van der Waals surface area (Å²) in [7, 11) is 1.61. The molecule has 2 amide bonds. The van der Waals surface area contributed by atoms with E-state index in [1.807, 2.05) is 54.7 Å². The second-order valence-corrected chi connectivity index (χ2v) is 7.72. The van der Waals surface area contributed by atoms with E-state index < -0.39 is 11.8 Å². The summed E-state index contributed by atoms with van der Waals surface area (Å²) in [6, 6.07) is 20.6. The summed E-state index contributed by atoms with van der Waals surface area (Å²) in [5, 5.41) is 13.9. The maximum Gasteiger partial charge on any atom is 0.313 e. The Hall–Kier alpha value is -4.66. The number of fused-ring (bicyclic) bond motifs is 2. The van der Waals surface area contributed by atoms with Crippen molar-refractivity contribution in [1.29, 1.82) is 0 Å². The van der Waals surface area contributed by atoms with Gasteiger partial charge in [0, 0.05) is 29.6 Å². The van der Waals surface area contributed by atoms with Crippen LogP contribution in [0.15, 0.2) is 77.6 Å². The molecule has 0 aliphatic heterocycles. The third-order valence-corrected chi connectivity index (χ3v) is 5.72. The predicted octanol–water partition coefficient (Wildman–Crippen LogP) is 3.60. The minimum Gasteiger partial charge on any atom is -0.497 e. The summed E-state index contributed by atoms with van der Waals surface area (Å²) in [5.74, 6) is -1.02. The van der Waals surface area contributed by atoms with Gasteiger partial charge in [-0.1, -0.05) is 36.4 Å². The van der Waals surface area contributed by atoms with Crippen LogP contribution in [0.25, 0.3) is 21.9 Å². The van der Waals surface area contributed by atoms with Crippen LogP contribution in [0.4, 0.5) is 5.69 Å². The smallest absolute Gasteiger partial charge is 0.313 e. The Morgan fingerprint density at radius 3 is 2.65 bits per heavy atom. The standard InChI is InChI=1S/C25H21N5O4/c1-33-16-11-9-15(10-12-16)18(19-14-26-20-6-3-2-5-17(19)20)13-27-24(31)25(32)28-21-7-4-8-22-23(21)30-34-29-22/h2-12,14,18,26H,13H2,1H3,(H,27,31)(H,28,32)/t18-/m0/s1. The summed E-state index contributed by atoms with van der Waals surface area (Å²) >= 11 is 0. The van der Waals surface area contributed by atoms with E-state index in [9.17, 15) is 9.59 Å². The van der Waals surface area contributed by atoms with Crippen LogP contribution in [0.1, 0.15) is 17.0 Å². The highest BCUT2D eigenvalue weighted by atomic mass is 16.6. The van der Waals surface area contributed by atoms with Gasteiger partial charge in [-0.15, -0.1) is 0 Å². The molecule has 0 unspecified atom stereocenters. The normalized spacial score (nSPS) is 11.9. The first-order valence-electron chi connectivity index (χ1n) is 10.6. The number of aromatic nitrogens is 3. The minimum absolute atomic E-state index is 0.193. The molecule has 1 atom stereocenters. The molecule has 9 heteroatoms. The molecule has 0 saturated carbocycles. The molecule has 170 valence electrons. The number of aromatic amines is 1. The molecule has 0 spiro atoms. The lowest BCUT2D eigenvalue weighted by Crippen LogP contribution is -2.37. The fourth-order valence-corrected chi connectivity index (χ4v) is 3.99. The zero-order valence-electron chi connectivity index (χ0n) is 18.2. The van der Waals surface area contributed by atoms with Crippen LogP contribution in [0.2, 0.25) is 0 Å². The van der Waals surface area contributed by atoms with Crippen molar-refractivity contribution in [3.63, 3.8) is 0 Å². The van der Waals surface area contributed by atoms with Crippen LogP contribution in [0, 0.1) is 0 Å². The van der Waals surface area contributed by atoms with Crippen molar-refractivity contribution in [1.82, 2.24) is 20.6 Å². The van der Waals surface area contributed by atoms with Gasteiger partial charge < -0.3 is 20.4 Å². The minimum atomic E-state index is -0.803. The van der Waals surface area contributed by atoms with Crippen LogP contribution in [-0.2, 0) is 9.59 Å². The second kappa shape index (κ2) is 9.07. The molecule has 0 bridgehead atoms. The molecule has 5 aromatic rings. The van der Waals surface area contributed by atoms with Gasteiger partial charge in [-0.2, -0.15) is 0 Å². The number of anilines is 1. The molecule has 0 fully saturated rings. The molecule has 5 rings (SSSR count). The van der Waals surface area contributed by atoms with Gasteiger partial charge in [0.15, 0.2) is 5.52 Å². The third kappa shape index (κ3) is 4.06. The van der Waals surface area contributed by atoms with Crippen LogP contribution < -0.4 is 15.4 Å². The lowest BCUT2D eigenvalue weighted by Gasteiger charge is -2.18. The van der Waals surface area contributed by atoms with E-state index in [2.05, 4.69) is 25.9 Å². The van der Waals surface area contributed by atoms with Crippen LogP contribution in [0.3, 0.4) is 0 Å². The van der Waals surface area contributed by atoms with E-state index >= 15 is 0 Å². The van der Waals surface area contributed by atoms with Gasteiger partial charge >= 0.3 is 11.8 Å². The van der Waals surface area contributed by atoms with Crippen molar-refractivity contribution in [2.24, 2.45) is 0 Å². The predicted molar refractivity (Wildman–Crippen MR) is 127 cm³/mol. The fraction of sp³-hybridized carbons (Fsp3) is 0.120. The number of hydrogen-bond acceptors (Lipinski definition) is 6. The van der Waals surface area contributed by atoms with Crippen molar-refractivity contribution < 1.29 is 19.0 Å². The van der Waals surface area contributed by atoms with E-state index in [0.717, 1.165) is 27.8 Å². The molecular formula is C25H21N5O4. The Balaban J connectivity index is 1.37. The molecule has 0 radical (unpaired) electrons. The summed E-state index contributed by atoms with van der Waals surface area (Å²) in [6.45, 7) is 0.218. The number of H-pyrrole nitrogens is 1. The number of ether oxygens (including phenoxy) is 1. The van der Waals surface area contributed by atoms with Gasteiger partial charge in [-0.05, 0) is 51.8 Å². The van der Waals surface area contributed by atoms with Crippen LogP contribution in [-0.4, -0.2) is 40.8 Å². The number of rotatable bonds is 6. The molecule has 34 heavy (non-hydrogen) atoms. The topological polar surface area (TPSA) is 122 Å². The lowest BCUT2D eigenvalue weighted by molar-refractivity contribution is -0.136. The number of methoxy groups -OCH3 is 1. The highest BCUT2D eigenvalue weighted by Crippen LogP contribution is 2.31. The molecule has 2 heterocycles. The number of benzene rings is 3. The third-order valence-electron chi connectivity index (χ3n) is 5.72. The van der Waals surface area contributed by atoms with E-state index in [1.54, 1.807) is 25.3 Å². The zero-order chi connectivity index (χ0) is 23.5. The van der Waals surface area contributed by atoms with Gasteiger partial charge in [-0.25, -0.2) is 4.63 Å². The summed E-state index contributed by atoms with van der Waals surface area (Å²) in [4.78, 5) is 28.5. The maximum absolute atomic E-state index is 12.7. The first-order valence-corrected chi connectivity index (χ1v) is 10.6. The molecule has 0 aliphatic carbocycles. The Labute approximate surface area is 194 Å². The van der Waals surface area contributed by atoms with Crippen molar-refractivity contribution in [2.45, 2.75) is 5.92 Å².